The Kier molecular flexibility index (Phi) is 2.84. The molecule has 0 aromatic carbocycles. The summed E-state index contributed by atoms with van der Waals surface area (Å²) < 4.78 is 11.4. The molecule has 3 fully saturated rings. The van der Waals surface area contributed by atoms with Gasteiger partial charge in [-0.25, -0.2) is 0 Å². The summed E-state index contributed by atoms with van der Waals surface area (Å²) in [4.78, 5) is 6.90. The van der Waals surface area contributed by atoms with Gasteiger partial charge >= 0.3 is 0 Å². The van der Waals surface area contributed by atoms with Crippen molar-refractivity contribution >= 4 is 0 Å². The summed E-state index contributed by atoms with van der Waals surface area (Å²) in [5.74, 6) is 3.00. The molecule has 0 unspecified atom stereocenters. The number of piperidine rings is 1. The highest BCUT2D eigenvalue weighted by atomic mass is 16.5. The lowest BCUT2D eigenvalue weighted by atomic mass is 9.91. The number of hydrogen-bond acceptors (Lipinski definition) is 5. The number of aryl methyl sites for hydroxylation is 1. The average molecular weight is 263 g/mol. The second kappa shape index (κ2) is 4.56. The zero-order chi connectivity index (χ0) is 12.8. The topological polar surface area (TPSA) is 51.4 Å². The predicted molar refractivity (Wildman–Crippen MR) is 68.5 cm³/mol. The first-order valence-electron chi connectivity index (χ1n) is 7.46. The number of nitrogens with zero attached hydrogens (tertiary/aromatic N) is 3. The van der Waals surface area contributed by atoms with Gasteiger partial charge in [-0.05, 0) is 51.0 Å². The fourth-order valence-electron chi connectivity index (χ4n) is 3.43. The minimum atomic E-state index is 0.0251. The summed E-state index contributed by atoms with van der Waals surface area (Å²) >= 11 is 0. The lowest BCUT2D eigenvalue weighted by Gasteiger charge is -2.34. The van der Waals surface area contributed by atoms with E-state index < -0.39 is 0 Å². The molecule has 5 nitrogen and oxygen atoms in total. The van der Waals surface area contributed by atoms with Gasteiger partial charge in [-0.2, -0.15) is 4.98 Å². The SMILES string of the molecule is Cc1noc([C@@H]2C[C@H]3CCN(CC4CC4)C[C@@H]3O2)n1. The summed E-state index contributed by atoms with van der Waals surface area (Å²) in [5, 5.41) is 3.86. The standard InChI is InChI=1S/C14H21N3O2/c1-9-15-14(19-16-9)12-6-11-4-5-17(7-10-2-3-10)8-13(11)18-12/h10-13H,2-8H2,1H3/t11-,12+,13+/m1/s1. The highest BCUT2D eigenvalue weighted by Gasteiger charge is 2.42. The number of rotatable bonds is 3. The van der Waals surface area contributed by atoms with Crippen LogP contribution in [0.25, 0.3) is 0 Å². The van der Waals surface area contributed by atoms with Gasteiger partial charge in [0.2, 0.25) is 0 Å². The number of ether oxygens (including phenoxy) is 1. The minimum absolute atomic E-state index is 0.0251. The van der Waals surface area contributed by atoms with E-state index in [0.717, 1.165) is 18.9 Å². The van der Waals surface area contributed by atoms with Crippen molar-refractivity contribution < 1.29 is 9.26 Å². The van der Waals surface area contributed by atoms with E-state index in [9.17, 15) is 0 Å². The quantitative estimate of drug-likeness (QED) is 0.834. The Labute approximate surface area is 113 Å². The van der Waals surface area contributed by atoms with Crippen molar-refractivity contribution in [2.75, 3.05) is 19.6 Å². The number of aromatic nitrogens is 2. The van der Waals surface area contributed by atoms with E-state index in [2.05, 4.69) is 15.0 Å². The zero-order valence-electron chi connectivity index (χ0n) is 11.4. The molecule has 0 radical (unpaired) electrons. The molecule has 1 aromatic rings. The minimum Gasteiger partial charge on any atom is -0.364 e. The van der Waals surface area contributed by atoms with Crippen LogP contribution < -0.4 is 0 Å². The summed E-state index contributed by atoms with van der Waals surface area (Å²) in [6.07, 6.45) is 5.54. The Morgan fingerprint density at radius 2 is 2.21 bits per heavy atom. The first kappa shape index (κ1) is 11.9. The van der Waals surface area contributed by atoms with Crippen molar-refractivity contribution in [1.82, 2.24) is 15.0 Å². The Hall–Kier alpha value is -0.940. The molecule has 104 valence electrons. The average Bonchev–Trinajstić information content (AvgIpc) is 2.94. The van der Waals surface area contributed by atoms with Crippen molar-refractivity contribution in [2.45, 2.75) is 44.8 Å². The third-order valence-electron chi connectivity index (χ3n) is 4.67. The van der Waals surface area contributed by atoms with Crippen molar-refractivity contribution in [3.63, 3.8) is 0 Å². The third kappa shape index (κ3) is 2.41. The lowest BCUT2D eigenvalue weighted by molar-refractivity contribution is -0.0180. The summed E-state index contributed by atoms with van der Waals surface area (Å²) in [5.41, 5.74) is 0. The summed E-state index contributed by atoms with van der Waals surface area (Å²) in [7, 11) is 0. The Bertz CT molecular complexity index is 457. The molecule has 3 atom stereocenters. The van der Waals surface area contributed by atoms with Crippen molar-refractivity contribution in [3.8, 4) is 0 Å². The van der Waals surface area contributed by atoms with Crippen LogP contribution >= 0.6 is 0 Å². The van der Waals surface area contributed by atoms with Crippen LogP contribution in [0.2, 0.25) is 0 Å². The van der Waals surface area contributed by atoms with Gasteiger partial charge in [0, 0.05) is 13.1 Å². The Morgan fingerprint density at radius 1 is 1.32 bits per heavy atom. The molecule has 4 rings (SSSR count). The van der Waals surface area contributed by atoms with E-state index in [0.29, 0.717) is 23.7 Å². The lowest BCUT2D eigenvalue weighted by Crippen LogP contribution is -2.43. The molecule has 3 heterocycles. The molecule has 2 aliphatic heterocycles. The molecule has 19 heavy (non-hydrogen) atoms. The summed E-state index contributed by atoms with van der Waals surface area (Å²) in [6.45, 7) is 5.45. The highest BCUT2D eigenvalue weighted by molar-refractivity contribution is 4.97. The molecule has 1 aliphatic carbocycles. The van der Waals surface area contributed by atoms with Gasteiger partial charge in [-0.3, -0.25) is 0 Å². The van der Waals surface area contributed by atoms with Crippen LogP contribution in [-0.2, 0) is 4.74 Å². The van der Waals surface area contributed by atoms with E-state index >= 15 is 0 Å². The number of fused-ring (bicyclic) bond motifs is 1. The third-order valence-corrected chi connectivity index (χ3v) is 4.67. The Morgan fingerprint density at radius 3 is 2.95 bits per heavy atom. The van der Waals surface area contributed by atoms with Gasteiger partial charge in [0.05, 0.1) is 6.10 Å². The molecule has 1 saturated carbocycles. The van der Waals surface area contributed by atoms with Gasteiger partial charge in [0.15, 0.2) is 5.82 Å². The zero-order valence-corrected chi connectivity index (χ0v) is 11.4. The molecule has 5 heteroatoms. The molecule has 0 N–H and O–H groups in total. The molecule has 0 amide bonds. The largest absolute Gasteiger partial charge is 0.364 e. The van der Waals surface area contributed by atoms with Crippen LogP contribution in [0.15, 0.2) is 4.52 Å². The predicted octanol–water partition coefficient (Wildman–Crippen LogP) is 1.94. The molecule has 0 bridgehead atoms. The van der Waals surface area contributed by atoms with E-state index in [1.165, 1.54) is 32.4 Å². The number of hydrogen-bond donors (Lipinski definition) is 0. The molecular formula is C14H21N3O2. The fourth-order valence-corrected chi connectivity index (χ4v) is 3.43. The van der Waals surface area contributed by atoms with Crippen molar-refractivity contribution in [3.05, 3.63) is 11.7 Å². The number of likely N-dealkylation sites (tertiary alicyclic amines) is 1. The second-order valence-corrected chi connectivity index (χ2v) is 6.33. The molecule has 0 spiro atoms. The van der Waals surface area contributed by atoms with Crippen LogP contribution in [-0.4, -0.2) is 40.8 Å². The van der Waals surface area contributed by atoms with Gasteiger partial charge in [-0.15, -0.1) is 0 Å². The summed E-state index contributed by atoms with van der Waals surface area (Å²) in [6, 6.07) is 0. The van der Waals surface area contributed by atoms with Crippen molar-refractivity contribution in [1.29, 1.82) is 0 Å². The maximum atomic E-state index is 6.16. The van der Waals surface area contributed by atoms with Gasteiger partial charge < -0.3 is 14.2 Å². The maximum absolute atomic E-state index is 6.16. The van der Waals surface area contributed by atoms with Crippen LogP contribution in [0.4, 0.5) is 0 Å². The van der Waals surface area contributed by atoms with Gasteiger partial charge in [0.25, 0.3) is 5.89 Å². The van der Waals surface area contributed by atoms with Crippen LogP contribution in [0.3, 0.4) is 0 Å². The van der Waals surface area contributed by atoms with Crippen LogP contribution in [0, 0.1) is 18.8 Å². The first-order chi connectivity index (χ1) is 9.28. The van der Waals surface area contributed by atoms with Crippen molar-refractivity contribution in [2.24, 2.45) is 11.8 Å². The van der Waals surface area contributed by atoms with Gasteiger partial charge in [-0.1, -0.05) is 5.16 Å². The molecule has 3 aliphatic rings. The fraction of sp³-hybridized carbons (Fsp3) is 0.857. The second-order valence-electron chi connectivity index (χ2n) is 6.33. The van der Waals surface area contributed by atoms with Crippen LogP contribution in [0.5, 0.6) is 0 Å². The first-order valence-corrected chi connectivity index (χ1v) is 7.46. The normalized spacial score (nSPS) is 35.5. The van der Waals surface area contributed by atoms with Gasteiger partial charge in [0.1, 0.15) is 6.10 Å². The maximum Gasteiger partial charge on any atom is 0.255 e. The van der Waals surface area contributed by atoms with E-state index in [-0.39, 0.29) is 6.10 Å². The highest BCUT2D eigenvalue weighted by Crippen LogP contribution is 2.41. The van der Waals surface area contributed by atoms with E-state index in [1.54, 1.807) is 0 Å². The molecule has 2 saturated heterocycles. The molecular weight excluding hydrogens is 242 g/mol. The van der Waals surface area contributed by atoms with E-state index in [4.69, 9.17) is 9.26 Å². The molecule has 1 aromatic heterocycles. The van der Waals surface area contributed by atoms with Crippen LogP contribution in [0.1, 0.15) is 43.5 Å². The monoisotopic (exact) mass is 263 g/mol. The van der Waals surface area contributed by atoms with E-state index in [1.807, 2.05) is 6.92 Å². The Balaban J connectivity index is 1.40. The smallest absolute Gasteiger partial charge is 0.255 e.